The van der Waals surface area contributed by atoms with Crippen molar-refractivity contribution in [3.63, 3.8) is 0 Å². The monoisotopic (exact) mass is 446 g/mol. The van der Waals surface area contributed by atoms with Crippen molar-refractivity contribution in [3.05, 3.63) is 42.4 Å². The highest BCUT2D eigenvalue weighted by molar-refractivity contribution is 6.60. The van der Waals surface area contributed by atoms with E-state index in [1.54, 1.807) is 36.3 Å². The maximum Gasteiger partial charge on any atom is 0.251 e. The summed E-state index contributed by atoms with van der Waals surface area (Å²) in [6.45, 7) is 0. The second-order valence-corrected chi connectivity index (χ2v) is 8.29. The molecule has 4 aromatic heterocycles. The van der Waals surface area contributed by atoms with Crippen LogP contribution in [-0.2, 0) is 11.8 Å². The van der Waals surface area contributed by atoms with Crippen LogP contribution in [0.4, 0.5) is 5.82 Å². The first-order valence-electron chi connectivity index (χ1n) is 10.5. The van der Waals surface area contributed by atoms with Gasteiger partial charge in [0, 0.05) is 24.5 Å². The number of rotatable bonds is 6. The number of amides is 2. The van der Waals surface area contributed by atoms with E-state index in [0.29, 0.717) is 39.6 Å². The number of pyridine rings is 2. The molecule has 4 heterocycles. The van der Waals surface area contributed by atoms with Crippen LogP contribution in [-0.4, -0.2) is 70.3 Å². The molecule has 0 aromatic carbocycles. The van der Waals surface area contributed by atoms with E-state index in [9.17, 15) is 9.59 Å². The molecular weight excluding hydrogens is 429 g/mol. The summed E-state index contributed by atoms with van der Waals surface area (Å²) < 4.78 is 1.59. The van der Waals surface area contributed by atoms with Gasteiger partial charge < -0.3 is 15.6 Å². The normalized spacial score (nSPS) is 13.7. The molecule has 34 heavy (non-hydrogen) atoms. The number of hydrogen-bond donors (Lipinski definition) is 3. The molecule has 1 aliphatic carbocycles. The fraction of sp³-hybridized carbons (Fsp3) is 0.238. The van der Waals surface area contributed by atoms with Gasteiger partial charge in [0.15, 0.2) is 11.6 Å². The average Bonchev–Trinajstić information content (AvgIpc) is 3.39. The molecule has 6 radical (unpaired) electrons. The van der Waals surface area contributed by atoms with Crippen molar-refractivity contribution in [2.24, 2.45) is 13.0 Å². The number of nitrogens with one attached hydrogen (secondary N) is 3. The van der Waals surface area contributed by atoms with Crippen molar-refractivity contribution in [1.29, 1.82) is 0 Å². The Labute approximate surface area is 198 Å². The predicted octanol–water partition coefficient (Wildman–Crippen LogP) is 0.615. The lowest BCUT2D eigenvalue weighted by Crippen LogP contribution is -2.50. The van der Waals surface area contributed by atoms with Gasteiger partial charge in [-0.2, -0.15) is 0 Å². The number of H-pyrrole nitrogens is 1. The third-order valence-electron chi connectivity index (χ3n) is 5.29. The summed E-state index contributed by atoms with van der Waals surface area (Å²) in [6.07, 6.45) is 4.61. The highest BCUT2D eigenvalue weighted by Crippen LogP contribution is 2.33. The lowest BCUT2D eigenvalue weighted by Gasteiger charge is -2.22. The lowest BCUT2D eigenvalue weighted by molar-refractivity contribution is -0.117. The second kappa shape index (κ2) is 8.16. The van der Waals surface area contributed by atoms with Gasteiger partial charge in [0.05, 0.1) is 46.0 Å². The first-order chi connectivity index (χ1) is 16.2. The smallest absolute Gasteiger partial charge is 0.251 e. The predicted molar refractivity (Wildman–Crippen MR) is 128 cm³/mol. The topological polar surface area (TPSA) is 130 Å². The summed E-state index contributed by atoms with van der Waals surface area (Å²) in [5, 5.41) is 8.02. The number of aromatic amines is 1. The van der Waals surface area contributed by atoms with Crippen molar-refractivity contribution >= 4 is 52.1 Å². The molecule has 1 saturated carbocycles. The average molecular weight is 446 g/mol. The summed E-state index contributed by atoms with van der Waals surface area (Å²) in [7, 11) is 18.4. The molecule has 1 aliphatic rings. The van der Waals surface area contributed by atoms with Crippen LogP contribution in [0.3, 0.4) is 0 Å². The molecule has 4 aromatic rings. The molecule has 162 valence electrons. The molecule has 0 spiro atoms. The van der Waals surface area contributed by atoms with Crippen LogP contribution in [0.25, 0.3) is 33.8 Å². The van der Waals surface area contributed by atoms with Crippen LogP contribution < -0.4 is 10.6 Å². The number of aromatic nitrogens is 6. The van der Waals surface area contributed by atoms with Crippen LogP contribution in [0.2, 0.25) is 0 Å². The summed E-state index contributed by atoms with van der Waals surface area (Å²) >= 11 is 0. The van der Waals surface area contributed by atoms with Crippen LogP contribution in [0.15, 0.2) is 36.8 Å². The Hall–Kier alpha value is -3.89. The third kappa shape index (κ3) is 4.46. The highest BCUT2D eigenvalue weighted by atomic mass is 16.2. The number of aryl methyl sites for hydroxylation is 1. The fourth-order valence-corrected chi connectivity index (χ4v) is 3.52. The summed E-state index contributed by atoms with van der Waals surface area (Å²) in [4.78, 5) is 41.6. The Kier molecular flexibility index (Phi) is 5.26. The van der Waals surface area contributed by atoms with Gasteiger partial charge in [-0.15, -0.1) is 5.10 Å². The van der Waals surface area contributed by atoms with Crippen LogP contribution in [0.5, 0.6) is 0 Å². The Morgan fingerprint density at radius 3 is 2.62 bits per heavy atom. The zero-order valence-corrected chi connectivity index (χ0v) is 18.2. The summed E-state index contributed by atoms with van der Waals surface area (Å²) in [6, 6.07) is 7.17. The standard InChI is InChI=1S/C21H17B3N8O2/c1-32-9-26-17(31-32)14-4-2-3-13(27-14)15-7-11-12(20(34)30-21(22,23)24)8-25-18(16(11)28-15)29-19(33)10-5-6-10/h2-4,7-10,28H,5-6H2,1H3,(H,30,34)(H,25,29,33). The molecule has 5 rings (SSSR count). The minimum atomic E-state index is -1.91. The number of anilines is 1. The number of fused-ring (bicyclic) bond motifs is 1. The molecule has 0 atom stereocenters. The van der Waals surface area contributed by atoms with Crippen molar-refractivity contribution < 1.29 is 9.59 Å². The van der Waals surface area contributed by atoms with E-state index in [-0.39, 0.29) is 17.4 Å². The minimum absolute atomic E-state index is 0.0224. The SMILES string of the molecule is [B]C([B])([B])NC(=O)c1cnc(NC(=O)C2CC2)c2[nH]c(-c3cccc(-c4ncn(C)n4)n3)cc12. The molecule has 0 unspecified atom stereocenters. The molecule has 1 fully saturated rings. The van der Waals surface area contributed by atoms with Gasteiger partial charge in [-0.1, -0.05) is 11.3 Å². The van der Waals surface area contributed by atoms with Gasteiger partial charge in [-0.3, -0.25) is 14.3 Å². The van der Waals surface area contributed by atoms with Gasteiger partial charge in [-0.25, -0.2) is 15.0 Å². The maximum absolute atomic E-state index is 12.8. The van der Waals surface area contributed by atoms with Gasteiger partial charge in [0.2, 0.25) is 5.91 Å². The van der Waals surface area contributed by atoms with Crippen LogP contribution in [0, 0.1) is 5.92 Å². The van der Waals surface area contributed by atoms with E-state index in [1.165, 1.54) is 6.20 Å². The van der Waals surface area contributed by atoms with E-state index in [1.807, 2.05) is 6.07 Å². The summed E-state index contributed by atoms with van der Waals surface area (Å²) in [5.74, 6) is 0.0238. The van der Waals surface area contributed by atoms with Crippen molar-refractivity contribution in [2.45, 2.75) is 18.1 Å². The van der Waals surface area contributed by atoms with Crippen LogP contribution in [0.1, 0.15) is 23.2 Å². The van der Waals surface area contributed by atoms with Gasteiger partial charge >= 0.3 is 0 Å². The van der Waals surface area contributed by atoms with Crippen molar-refractivity contribution in [3.8, 4) is 22.9 Å². The zero-order valence-electron chi connectivity index (χ0n) is 18.2. The number of carbonyl (C=O) groups excluding carboxylic acids is 2. The van der Waals surface area contributed by atoms with E-state index in [4.69, 9.17) is 23.5 Å². The Morgan fingerprint density at radius 1 is 1.18 bits per heavy atom. The Balaban J connectivity index is 1.59. The highest BCUT2D eigenvalue weighted by Gasteiger charge is 2.30. The molecular formula is C21H17B3N8O2. The van der Waals surface area contributed by atoms with E-state index >= 15 is 0 Å². The Morgan fingerprint density at radius 2 is 1.94 bits per heavy atom. The maximum atomic E-state index is 12.8. The molecule has 0 aliphatic heterocycles. The molecule has 0 bridgehead atoms. The van der Waals surface area contributed by atoms with Gasteiger partial charge in [-0.05, 0) is 31.0 Å². The summed E-state index contributed by atoms with van der Waals surface area (Å²) in [5.41, 5.74) is 2.38. The fourth-order valence-electron chi connectivity index (χ4n) is 3.52. The minimum Gasteiger partial charge on any atom is -0.372 e. The number of nitrogens with zero attached hydrogens (tertiary/aromatic N) is 5. The first kappa shape index (κ1) is 21.9. The number of hydrogen-bond acceptors (Lipinski definition) is 6. The molecule has 13 heteroatoms. The lowest BCUT2D eigenvalue weighted by atomic mass is 9.49. The first-order valence-corrected chi connectivity index (χ1v) is 10.5. The molecule has 0 saturated heterocycles. The van der Waals surface area contributed by atoms with Crippen LogP contribution >= 0.6 is 0 Å². The molecule has 3 N–H and O–H groups in total. The van der Waals surface area contributed by atoms with E-state index < -0.39 is 11.1 Å². The third-order valence-corrected chi connectivity index (χ3v) is 5.29. The van der Waals surface area contributed by atoms with Gasteiger partial charge in [0.1, 0.15) is 12.0 Å². The van der Waals surface area contributed by atoms with Crippen molar-refractivity contribution in [2.75, 3.05) is 5.32 Å². The second-order valence-electron chi connectivity index (χ2n) is 8.29. The largest absolute Gasteiger partial charge is 0.372 e. The molecule has 10 nitrogen and oxygen atoms in total. The van der Waals surface area contributed by atoms with Gasteiger partial charge in [0.25, 0.3) is 5.91 Å². The quantitative estimate of drug-likeness (QED) is 0.373. The Bertz CT molecular complexity index is 1420. The van der Waals surface area contributed by atoms with Crippen molar-refractivity contribution in [1.82, 2.24) is 35.0 Å². The van der Waals surface area contributed by atoms with E-state index in [2.05, 4.69) is 35.7 Å². The number of carbonyl (C=O) groups is 2. The molecule has 2 amide bonds. The zero-order chi connectivity index (χ0) is 24.0. The van der Waals surface area contributed by atoms with E-state index in [0.717, 1.165) is 12.8 Å².